The highest BCUT2D eigenvalue weighted by molar-refractivity contribution is 5.42. The highest BCUT2D eigenvalue weighted by Crippen LogP contribution is 2.30. The third kappa shape index (κ3) is 4.46. The summed E-state index contributed by atoms with van der Waals surface area (Å²) in [6, 6.07) is 14.7. The highest BCUT2D eigenvalue weighted by atomic mass is 19.1. The van der Waals surface area contributed by atoms with Crippen molar-refractivity contribution < 1.29 is 13.9 Å². The van der Waals surface area contributed by atoms with Gasteiger partial charge in [0.25, 0.3) is 0 Å². The molecule has 1 N–H and O–H groups in total. The molecule has 28 heavy (non-hydrogen) atoms. The first-order valence-electron chi connectivity index (χ1n) is 8.70. The molecule has 3 aromatic rings. The van der Waals surface area contributed by atoms with Crippen LogP contribution in [0.5, 0.6) is 17.2 Å². The molecule has 6 nitrogen and oxygen atoms in total. The van der Waals surface area contributed by atoms with Crippen LogP contribution in [0, 0.1) is 28.5 Å². The molecule has 0 aliphatic carbocycles. The van der Waals surface area contributed by atoms with Gasteiger partial charge >= 0.3 is 0 Å². The molecule has 7 heteroatoms. The van der Waals surface area contributed by atoms with E-state index in [1.807, 2.05) is 13.0 Å². The summed E-state index contributed by atoms with van der Waals surface area (Å²) >= 11 is 0. The first kappa shape index (κ1) is 18.9. The number of nitrogens with one attached hydrogen (secondary N) is 1. The van der Waals surface area contributed by atoms with E-state index in [2.05, 4.69) is 16.3 Å². The van der Waals surface area contributed by atoms with E-state index >= 15 is 0 Å². The van der Waals surface area contributed by atoms with Gasteiger partial charge in [0.2, 0.25) is 0 Å². The quantitative estimate of drug-likeness (QED) is 0.664. The van der Waals surface area contributed by atoms with Crippen molar-refractivity contribution in [2.75, 3.05) is 6.61 Å². The number of aryl methyl sites for hydroxylation is 1. The Bertz CT molecular complexity index is 1050. The topological polar surface area (TPSA) is 94.7 Å². The number of H-pyrrole nitrogens is 1. The fraction of sp³-hybridized carbons (Fsp3) is 0.190. The molecule has 1 aromatic heterocycles. The van der Waals surface area contributed by atoms with Gasteiger partial charge in [-0.05, 0) is 42.8 Å². The number of hydrogen-bond donors (Lipinski definition) is 1. The van der Waals surface area contributed by atoms with E-state index in [-0.39, 0.29) is 11.3 Å². The lowest BCUT2D eigenvalue weighted by Crippen LogP contribution is -2.03. The van der Waals surface area contributed by atoms with Crippen LogP contribution < -0.4 is 9.47 Å². The summed E-state index contributed by atoms with van der Waals surface area (Å²) in [5.41, 5.74) is 2.17. The number of aromatic nitrogens is 2. The number of nitriles is 2. The van der Waals surface area contributed by atoms with Crippen molar-refractivity contribution in [1.82, 2.24) is 10.2 Å². The van der Waals surface area contributed by atoms with Crippen LogP contribution in [0.2, 0.25) is 0 Å². The maximum Gasteiger partial charge on any atom is 0.171 e. The molecular weight excluding hydrogens is 359 g/mol. The van der Waals surface area contributed by atoms with Crippen LogP contribution in [0.25, 0.3) is 0 Å². The smallest absolute Gasteiger partial charge is 0.171 e. The fourth-order valence-electron chi connectivity index (χ4n) is 2.64. The number of hydrogen-bond acceptors (Lipinski definition) is 5. The van der Waals surface area contributed by atoms with E-state index in [0.29, 0.717) is 47.9 Å². The van der Waals surface area contributed by atoms with Gasteiger partial charge < -0.3 is 9.47 Å². The number of ether oxygens (including phenoxy) is 2. The number of rotatable bonds is 7. The molecule has 0 fully saturated rings. The Balaban J connectivity index is 1.72. The Hall–Kier alpha value is -3.84. The lowest BCUT2D eigenvalue weighted by Gasteiger charge is -2.10. The normalized spacial score (nSPS) is 10.1. The van der Waals surface area contributed by atoms with Gasteiger partial charge in [0.15, 0.2) is 5.75 Å². The van der Waals surface area contributed by atoms with Gasteiger partial charge in [-0.3, -0.25) is 5.10 Å². The molecule has 0 aliphatic rings. The van der Waals surface area contributed by atoms with E-state index in [9.17, 15) is 4.39 Å². The Labute approximate surface area is 161 Å². The lowest BCUT2D eigenvalue weighted by atomic mass is 10.2. The van der Waals surface area contributed by atoms with Crippen LogP contribution in [0.4, 0.5) is 4.39 Å². The first-order chi connectivity index (χ1) is 13.6. The number of benzene rings is 2. The molecule has 0 radical (unpaired) electrons. The van der Waals surface area contributed by atoms with Gasteiger partial charge in [0.1, 0.15) is 23.0 Å². The third-order valence-electron chi connectivity index (χ3n) is 4.02. The Morgan fingerprint density at radius 3 is 2.46 bits per heavy atom. The summed E-state index contributed by atoms with van der Waals surface area (Å²) in [5.74, 6) is 0.865. The van der Waals surface area contributed by atoms with Crippen LogP contribution in [-0.4, -0.2) is 16.8 Å². The Morgan fingerprint density at radius 2 is 1.79 bits per heavy atom. The van der Waals surface area contributed by atoms with Crippen molar-refractivity contribution >= 4 is 0 Å². The minimum absolute atomic E-state index is 0.183. The average molecular weight is 376 g/mol. The van der Waals surface area contributed by atoms with E-state index < -0.39 is 5.82 Å². The predicted octanol–water partition coefficient (Wildman–Crippen LogP) is 4.27. The van der Waals surface area contributed by atoms with E-state index in [0.717, 1.165) is 6.07 Å². The predicted molar refractivity (Wildman–Crippen MR) is 99.5 cm³/mol. The van der Waals surface area contributed by atoms with E-state index in [4.69, 9.17) is 20.0 Å². The van der Waals surface area contributed by atoms with Crippen LogP contribution in [-0.2, 0) is 12.8 Å². The second-order valence-corrected chi connectivity index (χ2v) is 5.96. The van der Waals surface area contributed by atoms with Crippen molar-refractivity contribution in [2.24, 2.45) is 0 Å². The lowest BCUT2D eigenvalue weighted by molar-refractivity contribution is 0.318. The van der Waals surface area contributed by atoms with Gasteiger partial charge in [-0.1, -0.05) is 6.92 Å². The number of nitrogens with zero attached hydrogens (tertiary/aromatic N) is 3. The average Bonchev–Trinajstić information content (AvgIpc) is 3.09. The molecule has 0 saturated carbocycles. The van der Waals surface area contributed by atoms with Gasteiger partial charge in [0.05, 0.1) is 35.6 Å². The van der Waals surface area contributed by atoms with Crippen LogP contribution in [0.1, 0.15) is 29.4 Å². The van der Waals surface area contributed by atoms with Gasteiger partial charge in [0, 0.05) is 12.5 Å². The maximum absolute atomic E-state index is 13.7. The zero-order chi connectivity index (χ0) is 19.9. The number of halogens is 1. The summed E-state index contributed by atoms with van der Waals surface area (Å²) in [4.78, 5) is 0. The zero-order valence-electron chi connectivity index (χ0n) is 15.2. The Morgan fingerprint density at radius 1 is 1.04 bits per heavy atom. The maximum atomic E-state index is 13.7. The molecule has 3 rings (SSSR count). The monoisotopic (exact) mass is 376 g/mol. The van der Waals surface area contributed by atoms with Crippen LogP contribution in [0.15, 0.2) is 42.5 Å². The summed E-state index contributed by atoms with van der Waals surface area (Å²) in [6.45, 7) is 2.30. The van der Waals surface area contributed by atoms with E-state index in [1.54, 1.807) is 24.3 Å². The molecule has 0 saturated heterocycles. The van der Waals surface area contributed by atoms with Crippen LogP contribution in [0.3, 0.4) is 0 Å². The SMILES string of the molecule is CCc1n[nH]c(CCOc2ccc(C#N)cc2)c1Oc1cc(F)cc(C#N)c1. The van der Waals surface area contributed by atoms with Crippen molar-refractivity contribution in [1.29, 1.82) is 10.5 Å². The molecule has 0 atom stereocenters. The molecule has 0 spiro atoms. The van der Waals surface area contributed by atoms with Gasteiger partial charge in [-0.25, -0.2) is 4.39 Å². The zero-order valence-corrected chi connectivity index (χ0v) is 15.2. The standard InChI is InChI=1S/C21H17FN4O2/c1-2-19-21(28-18-10-15(13-24)9-16(22)11-18)20(26-25-19)7-8-27-17-5-3-14(12-23)4-6-17/h3-6,9-11H,2,7-8H2,1H3,(H,25,26). The van der Waals surface area contributed by atoms with Crippen molar-refractivity contribution in [2.45, 2.75) is 19.8 Å². The molecular formula is C21H17FN4O2. The molecule has 0 aliphatic heterocycles. The second kappa shape index (κ2) is 8.70. The summed E-state index contributed by atoms with van der Waals surface area (Å²) in [5, 5.41) is 25.0. The first-order valence-corrected chi connectivity index (χ1v) is 8.70. The van der Waals surface area contributed by atoms with Crippen LogP contribution >= 0.6 is 0 Å². The fourth-order valence-corrected chi connectivity index (χ4v) is 2.64. The van der Waals surface area contributed by atoms with E-state index in [1.165, 1.54) is 12.1 Å². The highest BCUT2D eigenvalue weighted by Gasteiger charge is 2.15. The minimum Gasteiger partial charge on any atom is -0.493 e. The molecule has 140 valence electrons. The molecule has 1 heterocycles. The van der Waals surface area contributed by atoms with Gasteiger partial charge in [-0.15, -0.1) is 0 Å². The summed E-state index contributed by atoms with van der Waals surface area (Å²) in [6.07, 6.45) is 1.12. The largest absolute Gasteiger partial charge is 0.493 e. The summed E-state index contributed by atoms with van der Waals surface area (Å²) < 4.78 is 25.2. The van der Waals surface area contributed by atoms with Crippen molar-refractivity contribution in [3.8, 4) is 29.4 Å². The van der Waals surface area contributed by atoms with Crippen molar-refractivity contribution in [3.05, 3.63) is 70.8 Å². The minimum atomic E-state index is -0.540. The van der Waals surface area contributed by atoms with Gasteiger partial charge in [-0.2, -0.15) is 15.6 Å². The summed E-state index contributed by atoms with van der Waals surface area (Å²) in [7, 11) is 0. The molecule has 0 amide bonds. The molecule has 0 bridgehead atoms. The number of aromatic amines is 1. The third-order valence-corrected chi connectivity index (χ3v) is 4.02. The second-order valence-electron chi connectivity index (χ2n) is 5.96. The Kier molecular flexibility index (Phi) is 5.88. The molecule has 2 aromatic carbocycles. The molecule has 0 unspecified atom stereocenters. The van der Waals surface area contributed by atoms with Crippen molar-refractivity contribution in [3.63, 3.8) is 0 Å².